The number of halogens is 2. The van der Waals surface area contributed by atoms with Crippen LogP contribution in [0.1, 0.15) is 79.5 Å². The lowest BCUT2D eigenvalue weighted by atomic mass is 9.92. The molecule has 3 aromatic rings. The van der Waals surface area contributed by atoms with E-state index in [0.29, 0.717) is 49.6 Å². The molecular formula is C38H46F2N4O5. The van der Waals surface area contributed by atoms with E-state index in [0.717, 1.165) is 53.3 Å². The van der Waals surface area contributed by atoms with Crippen molar-refractivity contribution < 1.29 is 32.6 Å². The Balaban J connectivity index is 1.39. The summed E-state index contributed by atoms with van der Waals surface area (Å²) >= 11 is 0. The van der Waals surface area contributed by atoms with Crippen LogP contribution in [-0.4, -0.2) is 84.9 Å². The van der Waals surface area contributed by atoms with Crippen LogP contribution in [0.15, 0.2) is 36.5 Å². The van der Waals surface area contributed by atoms with Gasteiger partial charge < -0.3 is 19.5 Å². The minimum absolute atomic E-state index is 0.213. The second kappa shape index (κ2) is 14.4. The number of methoxy groups -OCH3 is 2. The fourth-order valence-corrected chi connectivity index (χ4v) is 6.85. The van der Waals surface area contributed by atoms with Gasteiger partial charge in [0.2, 0.25) is 0 Å². The molecule has 0 bridgehead atoms. The van der Waals surface area contributed by atoms with Crippen LogP contribution < -0.4 is 10.1 Å². The third kappa shape index (κ3) is 8.03. The first-order valence-corrected chi connectivity index (χ1v) is 17.1. The Kier molecular flexibility index (Phi) is 10.2. The second-order valence-electron chi connectivity index (χ2n) is 14.2. The molecule has 3 aliphatic rings. The summed E-state index contributed by atoms with van der Waals surface area (Å²) in [7, 11) is 3.01. The first-order valence-electron chi connectivity index (χ1n) is 17.1. The first-order chi connectivity index (χ1) is 23.4. The second-order valence-corrected chi connectivity index (χ2v) is 14.2. The predicted octanol–water partition coefficient (Wildman–Crippen LogP) is 6.87. The molecule has 1 N–H and O–H groups in total. The molecule has 2 aromatic carbocycles. The summed E-state index contributed by atoms with van der Waals surface area (Å²) in [6, 6.07) is 9.59. The van der Waals surface area contributed by atoms with Crippen LogP contribution >= 0.6 is 0 Å². The molecule has 0 radical (unpaired) electrons. The van der Waals surface area contributed by atoms with Crippen molar-refractivity contribution in [1.82, 2.24) is 14.4 Å². The number of piperazine rings is 1. The van der Waals surface area contributed by atoms with Gasteiger partial charge in [0.1, 0.15) is 11.4 Å². The number of nitrogens with zero attached hydrogens (tertiary/aromatic N) is 3. The minimum atomic E-state index is -2.45. The molecule has 1 aliphatic heterocycles. The molecule has 2 heterocycles. The highest BCUT2D eigenvalue weighted by molar-refractivity contribution is 5.96. The highest BCUT2D eigenvalue weighted by atomic mass is 19.3. The van der Waals surface area contributed by atoms with Crippen LogP contribution in [0.5, 0.6) is 5.75 Å². The van der Waals surface area contributed by atoms with Crippen molar-refractivity contribution in [2.75, 3.05) is 45.7 Å². The maximum atomic E-state index is 13.6. The Labute approximate surface area is 286 Å². The monoisotopic (exact) mass is 676 g/mol. The minimum Gasteiger partial charge on any atom is -0.496 e. The average Bonchev–Trinajstić information content (AvgIpc) is 3.76. The van der Waals surface area contributed by atoms with Crippen molar-refractivity contribution in [3.05, 3.63) is 58.8 Å². The van der Waals surface area contributed by atoms with E-state index < -0.39 is 24.1 Å². The van der Waals surface area contributed by atoms with Gasteiger partial charge in [0.25, 0.3) is 6.43 Å². The fraction of sp³-hybridized carbons (Fsp3) is 0.526. The molecule has 11 heteroatoms. The topological polar surface area (TPSA) is 85.3 Å². The lowest BCUT2D eigenvalue weighted by molar-refractivity contribution is 0.0245. The predicted molar refractivity (Wildman–Crippen MR) is 184 cm³/mol. The van der Waals surface area contributed by atoms with Crippen molar-refractivity contribution in [2.24, 2.45) is 5.92 Å². The zero-order valence-corrected chi connectivity index (χ0v) is 29.0. The van der Waals surface area contributed by atoms with E-state index in [-0.39, 0.29) is 24.5 Å². The van der Waals surface area contributed by atoms with Gasteiger partial charge in [-0.1, -0.05) is 17.9 Å². The molecule has 262 valence electrons. The van der Waals surface area contributed by atoms with Crippen LogP contribution in [0.3, 0.4) is 0 Å². The van der Waals surface area contributed by atoms with Crippen LogP contribution in [-0.2, 0) is 22.4 Å². The Hall–Kier alpha value is -4.14. The van der Waals surface area contributed by atoms with E-state index in [1.807, 2.05) is 45.0 Å². The average molecular weight is 677 g/mol. The lowest BCUT2D eigenvalue weighted by Crippen LogP contribution is -2.49. The molecule has 0 spiro atoms. The maximum Gasteiger partial charge on any atom is 0.419 e. The number of aryl methyl sites for hydroxylation is 1. The molecule has 0 unspecified atom stereocenters. The number of anilines is 1. The normalized spacial score (nSPS) is 18.6. The van der Waals surface area contributed by atoms with Gasteiger partial charge in [0.15, 0.2) is 0 Å². The molecule has 2 fully saturated rings. The van der Waals surface area contributed by atoms with Crippen molar-refractivity contribution in [1.29, 1.82) is 0 Å². The van der Waals surface area contributed by atoms with E-state index in [1.54, 1.807) is 28.8 Å². The summed E-state index contributed by atoms with van der Waals surface area (Å²) in [4.78, 5) is 30.2. The number of carbonyl (C=O) groups excluding carboxylic acids is 2. The van der Waals surface area contributed by atoms with Crippen molar-refractivity contribution in [2.45, 2.75) is 83.5 Å². The quantitative estimate of drug-likeness (QED) is 0.164. The Morgan fingerprint density at radius 1 is 1.08 bits per heavy atom. The summed E-state index contributed by atoms with van der Waals surface area (Å²) in [5.74, 6) is 6.71. The molecule has 1 aromatic heterocycles. The molecule has 6 rings (SSSR count). The molecule has 49 heavy (non-hydrogen) atoms. The van der Waals surface area contributed by atoms with E-state index >= 15 is 0 Å². The number of carbonyl (C=O) groups is 2. The Bertz CT molecular complexity index is 1760. The Morgan fingerprint density at radius 2 is 1.86 bits per heavy atom. The first kappa shape index (κ1) is 34.7. The number of alkyl halides is 2. The number of ether oxygens (including phenoxy) is 3. The van der Waals surface area contributed by atoms with Gasteiger partial charge >= 0.3 is 12.1 Å². The van der Waals surface area contributed by atoms with E-state index in [4.69, 9.17) is 14.2 Å². The van der Waals surface area contributed by atoms with Gasteiger partial charge in [0, 0.05) is 61.1 Å². The largest absolute Gasteiger partial charge is 0.496 e. The third-order valence-corrected chi connectivity index (χ3v) is 9.61. The summed E-state index contributed by atoms with van der Waals surface area (Å²) in [5, 5.41) is 4.40. The maximum absolute atomic E-state index is 13.6. The molecule has 2 aliphatic carbocycles. The van der Waals surface area contributed by atoms with Crippen molar-refractivity contribution in [3.63, 3.8) is 0 Å². The molecule has 1 saturated heterocycles. The van der Waals surface area contributed by atoms with Gasteiger partial charge in [-0.2, -0.15) is 0 Å². The zero-order chi connectivity index (χ0) is 34.9. The zero-order valence-electron chi connectivity index (χ0n) is 29.0. The molecule has 1 atom stereocenters. The standard InChI is InChI=1S/C38H46F2N4O5/c1-38(2,3)49-37(46)44-16-15-28-30(33(47-4)20-26(35(28)44)12-11-24-9-10-24)21-43-18-17-42(23-34(39)40)22-32(43)25-13-14-29(36(45)48-5)31(19-25)41-27-7-6-8-27/h13-16,19-20,24,27,32,34,41H,6-8,11-12,17-18,21-23H2,1-5H3/t32-/m1/s1. The smallest absolute Gasteiger partial charge is 0.419 e. The lowest BCUT2D eigenvalue weighted by Gasteiger charge is -2.42. The van der Waals surface area contributed by atoms with Crippen LogP contribution in [0.25, 0.3) is 10.9 Å². The van der Waals surface area contributed by atoms with Crippen LogP contribution in [0, 0.1) is 17.8 Å². The van der Waals surface area contributed by atoms with Gasteiger partial charge in [-0.05, 0) is 88.3 Å². The van der Waals surface area contributed by atoms with Gasteiger partial charge in [0.05, 0.1) is 37.8 Å². The van der Waals surface area contributed by atoms with Crippen LogP contribution in [0.4, 0.5) is 19.3 Å². The number of nitrogens with one attached hydrogen (secondary N) is 1. The highest BCUT2D eigenvalue weighted by Crippen LogP contribution is 2.38. The van der Waals surface area contributed by atoms with Gasteiger partial charge in [-0.25, -0.2) is 18.4 Å². The number of hydrogen-bond donors (Lipinski definition) is 1. The number of rotatable bonds is 12. The summed E-state index contributed by atoms with van der Waals surface area (Å²) < 4.78 is 45.7. The fourth-order valence-electron chi connectivity index (χ4n) is 6.85. The van der Waals surface area contributed by atoms with Crippen molar-refractivity contribution in [3.8, 4) is 17.6 Å². The highest BCUT2D eigenvalue weighted by Gasteiger charge is 2.33. The van der Waals surface area contributed by atoms with Crippen molar-refractivity contribution >= 4 is 28.7 Å². The van der Waals surface area contributed by atoms with Gasteiger partial charge in [-0.3, -0.25) is 14.4 Å². The number of fused-ring (bicyclic) bond motifs is 1. The van der Waals surface area contributed by atoms with E-state index in [1.165, 1.54) is 7.11 Å². The summed E-state index contributed by atoms with van der Waals surface area (Å²) in [6.45, 7) is 7.04. The Morgan fingerprint density at radius 3 is 2.49 bits per heavy atom. The number of aromatic nitrogens is 1. The number of benzene rings is 2. The van der Waals surface area contributed by atoms with Gasteiger partial charge in [-0.15, -0.1) is 0 Å². The van der Waals surface area contributed by atoms with E-state index in [9.17, 15) is 18.4 Å². The van der Waals surface area contributed by atoms with Crippen LogP contribution in [0.2, 0.25) is 0 Å². The number of esters is 1. The third-order valence-electron chi connectivity index (χ3n) is 9.61. The molecular weight excluding hydrogens is 630 g/mol. The molecule has 0 amide bonds. The van der Waals surface area contributed by atoms with E-state index in [2.05, 4.69) is 22.1 Å². The molecule has 9 nitrogen and oxygen atoms in total. The number of hydrogen-bond acceptors (Lipinski definition) is 8. The summed E-state index contributed by atoms with van der Waals surface area (Å²) in [6.07, 6.45) is 3.52. The summed E-state index contributed by atoms with van der Waals surface area (Å²) in [5.41, 5.74) is 4.01. The SMILES string of the molecule is COC(=O)c1ccc([C@H]2CN(CC(F)F)CCN2Cc2c(OC)cc(CCC3C#C3)c3c2ccn3C(=O)OC(C)(C)C)cc1NC1CCC1. The molecule has 1 saturated carbocycles.